The highest BCUT2D eigenvalue weighted by molar-refractivity contribution is 7.89. The maximum absolute atomic E-state index is 14.1. The summed E-state index contributed by atoms with van der Waals surface area (Å²) in [6.45, 7) is -0.942. The Morgan fingerprint density at radius 2 is 1.86 bits per heavy atom. The lowest BCUT2D eigenvalue weighted by molar-refractivity contribution is -0.141. The highest BCUT2D eigenvalue weighted by atomic mass is 32.2. The van der Waals surface area contributed by atoms with Crippen LogP contribution in [0.15, 0.2) is 58.5 Å². The van der Waals surface area contributed by atoms with Crippen molar-refractivity contribution >= 4 is 15.9 Å². The molecule has 1 aliphatic heterocycles. The number of nitrogens with one attached hydrogen (secondary N) is 2. The van der Waals surface area contributed by atoms with Gasteiger partial charge in [0.15, 0.2) is 0 Å². The molecule has 0 unspecified atom stereocenters. The molecule has 36 heavy (non-hydrogen) atoms. The van der Waals surface area contributed by atoms with Crippen LogP contribution >= 0.6 is 0 Å². The number of amides is 1. The molecule has 1 amide bonds. The van der Waals surface area contributed by atoms with Crippen molar-refractivity contribution in [2.45, 2.75) is 36.3 Å². The Bertz CT molecular complexity index is 1420. The number of carbonyl (C=O) groups excluding carboxylic acids is 1. The molecule has 3 heterocycles. The number of hydrogen-bond donors (Lipinski definition) is 2. The Balaban J connectivity index is 1.48. The van der Waals surface area contributed by atoms with Crippen LogP contribution in [-0.2, 0) is 27.5 Å². The summed E-state index contributed by atoms with van der Waals surface area (Å²) in [5.74, 6) is -1.53. The first-order valence-corrected chi connectivity index (χ1v) is 11.8. The minimum absolute atomic E-state index is 0.00554. The van der Waals surface area contributed by atoms with E-state index in [4.69, 9.17) is 0 Å². The van der Waals surface area contributed by atoms with Gasteiger partial charge in [0.2, 0.25) is 15.9 Å². The molecule has 2 atom stereocenters. The molecule has 1 saturated heterocycles. The van der Waals surface area contributed by atoms with E-state index in [1.807, 2.05) is 0 Å². The Labute approximate surface area is 200 Å². The summed E-state index contributed by atoms with van der Waals surface area (Å²) in [6.07, 6.45) is -4.53. The van der Waals surface area contributed by atoms with Crippen molar-refractivity contribution in [1.29, 1.82) is 0 Å². The minimum Gasteiger partial charge on any atom is -0.350 e. The Kier molecular flexibility index (Phi) is 6.70. The molecule has 3 aromatic rings. The molecule has 15 heteroatoms. The van der Waals surface area contributed by atoms with Gasteiger partial charge in [-0.2, -0.15) is 17.5 Å². The Morgan fingerprint density at radius 3 is 2.47 bits per heavy atom. The van der Waals surface area contributed by atoms with Crippen molar-refractivity contribution in [2.75, 3.05) is 6.54 Å². The molecule has 0 aliphatic carbocycles. The quantitative estimate of drug-likeness (QED) is 0.473. The van der Waals surface area contributed by atoms with E-state index in [0.29, 0.717) is 4.31 Å². The number of carbonyl (C=O) groups is 1. The normalized spacial score (nSPS) is 18.9. The number of alkyl halides is 4. The molecule has 2 aromatic heterocycles. The van der Waals surface area contributed by atoms with Crippen LogP contribution in [0.2, 0.25) is 0 Å². The third kappa shape index (κ3) is 5.16. The number of halogens is 5. The van der Waals surface area contributed by atoms with Crippen LogP contribution in [0, 0.1) is 5.82 Å². The van der Waals surface area contributed by atoms with Crippen molar-refractivity contribution in [1.82, 2.24) is 24.4 Å². The number of hydrogen-bond acceptors (Lipinski definition) is 5. The largest absolute Gasteiger partial charge is 0.433 e. The standard InChI is InChI=1S/C21H18F5N5O4S/c22-13-1-4-16(5-2-13)36(34,35)31-11-14(23)7-17(31)20(33)28-8-12-10-30(29-19(12)32)15-3-6-18(27-9-15)21(24,25)26/h1-6,9-10,14,17H,7-8,11H2,(H,28,33)(H,29,32)/t14-,17+/m1/s1. The van der Waals surface area contributed by atoms with Crippen LogP contribution in [0.3, 0.4) is 0 Å². The highest BCUT2D eigenvalue weighted by Gasteiger charge is 2.44. The molecule has 1 aromatic carbocycles. The Hall–Kier alpha value is -3.59. The monoisotopic (exact) mass is 531 g/mol. The fourth-order valence-electron chi connectivity index (χ4n) is 3.69. The van der Waals surface area contributed by atoms with Crippen LogP contribution in [0.1, 0.15) is 17.7 Å². The molecule has 192 valence electrons. The minimum atomic E-state index is -4.63. The molecule has 9 nitrogen and oxygen atoms in total. The van der Waals surface area contributed by atoms with E-state index in [9.17, 15) is 40.0 Å². The van der Waals surface area contributed by atoms with Crippen LogP contribution in [0.5, 0.6) is 0 Å². The summed E-state index contributed by atoms with van der Waals surface area (Å²) >= 11 is 0. The topological polar surface area (TPSA) is 117 Å². The second-order valence-electron chi connectivity index (χ2n) is 7.96. The molecule has 0 radical (unpaired) electrons. The molecule has 0 saturated carbocycles. The molecule has 0 spiro atoms. The fraction of sp³-hybridized carbons (Fsp3) is 0.286. The summed E-state index contributed by atoms with van der Waals surface area (Å²) in [5, 5.41) is 4.76. The van der Waals surface area contributed by atoms with E-state index < -0.39 is 64.4 Å². The molecule has 4 rings (SSSR count). The maximum Gasteiger partial charge on any atom is 0.433 e. The lowest BCUT2D eigenvalue weighted by Crippen LogP contribution is -2.45. The zero-order valence-corrected chi connectivity index (χ0v) is 19.0. The molecular formula is C21H18F5N5O4S. The van der Waals surface area contributed by atoms with Gasteiger partial charge in [-0.15, -0.1) is 0 Å². The van der Waals surface area contributed by atoms with E-state index in [0.717, 1.165) is 47.3 Å². The van der Waals surface area contributed by atoms with Gasteiger partial charge in [-0.25, -0.2) is 22.2 Å². The summed E-state index contributed by atoms with van der Waals surface area (Å²) in [6, 6.07) is 4.27. The van der Waals surface area contributed by atoms with Gasteiger partial charge in [-0.3, -0.25) is 19.4 Å². The number of pyridine rings is 1. The van der Waals surface area contributed by atoms with Gasteiger partial charge < -0.3 is 5.32 Å². The first kappa shape index (κ1) is 25.5. The van der Waals surface area contributed by atoms with Crippen LogP contribution in [0.25, 0.3) is 5.69 Å². The smallest absolute Gasteiger partial charge is 0.350 e. The van der Waals surface area contributed by atoms with Gasteiger partial charge in [-0.05, 0) is 36.4 Å². The SMILES string of the molecule is O=C(NCc1cn(-c2ccc(C(F)(F)F)nc2)[nH]c1=O)[C@@H]1C[C@@H](F)CN1S(=O)(=O)c1ccc(F)cc1. The second-order valence-corrected chi connectivity index (χ2v) is 9.85. The fourth-order valence-corrected chi connectivity index (χ4v) is 5.32. The summed E-state index contributed by atoms with van der Waals surface area (Å²) < 4.78 is 93.0. The lowest BCUT2D eigenvalue weighted by Gasteiger charge is -2.23. The van der Waals surface area contributed by atoms with Gasteiger partial charge in [0, 0.05) is 25.7 Å². The number of rotatable bonds is 6. The number of aromatic nitrogens is 3. The van der Waals surface area contributed by atoms with Gasteiger partial charge >= 0.3 is 6.18 Å². The molecule has 1 aliphatic rings. The first-order valence-electron chi connectivity index (χ1n) is 10.4. The van der Waals surface area contributed by atoms with Gasteiger partial charge in [0.25, 0.3) is 5.56 Å². The highest BCUT2D eigenvalue weighted by Crippen LogP contribution is 2.29. The zero-order valence-electron chi connectivity index (χ0n) is 18.2. The number of sulfonamides is 1. The van der Waals surface area contributed by atoms with Crippen LogP contribution < -0.4 is 10.9 Å². The van der Waals surface area contributed by atoms with Crippen molar-refractivity contribution in [3.8, 4) is 5.69 Å². The summed E-state index contributed by atoms with van der Waals surface area (Å²) in [7, 11) is -4.31. The molecule has 2 N–H and O–H groups in total. The predicted molar refractivity (Wildman–Crippen MR) is 115 cm³/mol. The lowest BCUT2D eigenvalue weighted by atomic mass is 10.2. The van der Waals surface area contributed by atoms with E-state index in [1.165, 1.54) is 6.20 Å². The van der Waals surface area contributed by atoms with E-state index >= 15 is 0 Å². The average molecular weight is 531 g/mol. The van der Waals surface area contributed by atoms with Crippen molar-refractivity contribution in [2.24, 2.45) is 0 Å². The number of aromatic amines is 1. The van der Waals surface area contributed by atoms with Gasteiger partial charge in [-0.1, -0.05) is 0 Å². The van der Waals surface area contributed by atoms with Crippen LogP contribution in [-0.4, -0.2) is 52.2 Å². The van der Waals surface area contributed by atoms with Crippen molar-refractivity contribution in [3.63, 3.8) is 0 Å². The summed E-state index contributed by atoms with van der Waals surface area (Å²) in [5.41, 5.74) is -1.66. The van der Waals surface area contributed by atoms with Crippen molar-refractivity contribution in [3.05, 3.63) is 76.2 Å². The molecular weight excluding hydrogens is 513 g/mol. The van der Waals surface area contributed by atoms with Crippen LogP contribution in [0.4, 0.5) is 22.0 Å². The van der Waals surface area contributed by atoms with Crippen molar-refractivity contribution < 1.29 is 35.2 Å². The zero-order chi connectivity index (χ0) is 26.3. The van der Waals surface area contributed by atoms with E-state index in [2.05, 4.69) is 15.4 Å². The molecule has 1 fully saturated rings. The predicted octanol–water partition coefficient (Wildman–Crippen LogP) is 2.14. The van der Waals surface area contributed by atoms with E-state index in [-0.39, 0.29) is 22.7 Å². The van der Waals surface area contributed by atoms with Gasteiger partial charge in [0.05, 0.1) is 22.3 Å². The average Bonchev–Trinajstić information content (AvgIpc) is 3.40. The molecule has 0 bridgehead atoms. The maximum atomic E-state index is 14.1. The summed E-state index contributed by atoms with van der Waals surface area (Å²) in [4.78, 5) is 28.0. The number of nitrogens with zero attached hydrogens (tertiary/aromatic N) is 3. The third-order valence-electron chi connectivity index (χ3n) is 5.50. The second kappa shape index (κ2) is 9.46. The number of benzene rings is 1. The number of H-pyrrole nitrogens is 1. The first-order chi connectivity index (χ1) is 16.9. The van der Waals surface area contributed by atoms with Gasteiger partial charge in [0.1, 0.15) is 23.7 Å². The Morgan fingerprint density at radius 1 is 1.17 bits per heavy atom. The van der Waals surface area contributed by atoms with E-state index in [1.54, 1.807) is 0 Å². The third-order valence-corrected chi connectivity index (χ3v) is 7.38.